The van der Waals surface area contributed by atoms with E-state index in [-0.39, 0.29) is 18.4 Å². The molecular weight excluding hydrogens is 486 g/mol. The SMILES string of the molecule is CN(C)[C@@H]1CCN(C(=O)CNC(=O)c2ccc3c(c2)nc(Nc2nc4ccc(Cl)cc4s2)n3C)C1. The highest BCUT2D eigenvalue weighted by molar-refractivity contribution is 7.22. The zero-order chi connectivity index (χ0) is 24.7. The third-order valence-electron chi connectivity index (χ3n) is 6.36. The number of hydrogen-bond acceptors (Lipinski definition) is 7. The molecule has 35 heavy (non-hydrogen) atoms. The Hall–Kier alpha value is -3.21. The first-order chi connectivity index (χ1) is 16.8. The van der Waals surface area contributed by atoms with Gasteiger partial charge in [0.1, 0.15) is 0 Å². The first kappa shape index (κ1) is 23.5. The fourth-order valence-electron chi connectivity index (χ4n) is 4.26. The van der Waals surface area contributed by atoms with Gasteiger partial charge in [-0.05, 0) is 56.9 Å². The van der Waals surface area contributed by atoms with Crippen LogP contribution in [0, 0.1) is 0 Å². The number of rotatable bonds is 6. The van der Waals surface area contributed by atoms with Crippen molar-refractivity contribution in [2.45, 2.75) is 12.5 Å². The van der Waals surface area contributed by atoms with Crippen molar-refractivity contribution in [3.05, 3.63) is 47.0 Å². The van der Waals surface area contributed by atoms with Crippen molar-refractivity contribution in [2.24, 2.45) is 7.05 Å². The highest BCUT2D eigenvalue weighted by atomic mass is 35.5. The lowest BCUT2D eigenvalue weighted by atomic mass is 10.2. The standard InChI is InChI=1S/C24H26ClN7O2S/c1-30(2)16-8-9-32(13-16)21(33)12-26-22(34)14-4-7-19-18(10-14)27-23(31(19)3)29-24-28-17-6-5-15(25)11-20(17)35-24/h4-7,10-11,16H,8-9,12-13H2,1-3H3,(H,26,34)(H,27,28,29)/t16-/m1/s1. The predicted octanol–water partition coefficient (Wildman–Crippen LogP) is 3.47. The van der Waals surface area contributed by atoms with Gasteiger partial charge < -0.3 is 25.0 Å². The maximum Gasteiger partial charge on any atom is 0.251 e. The molecule has 0 saturated carbocycles. The maximum atomic E-state index is 12.7. The number of aromatic nitrogens is 3. The molecule has 182 valence electrons. The van der Waals surface area contributed by atoms with Crippen LogP contribution in [-0.4, -0.2) is 75.9 Å². The van der Waals surface area contributed by atoms with Crippen LogP contribution in [0.4, 0.5) is 11.1 Å². The monoisotopic (exact) mass is 511 g/mol. The second-order valence-electron chi connectivity index (χ2n) is 8.88. The van der Waals surface area contributed by atoms with E-state index in [0.29, 0.717) is 39.8 Å². The zero-order valence-electron chi connectivity index (χ0n) is 19.7. The molecule has 11 heteroatoms. The molecule has 3 heterocycles. The van der Waals surface area contributed by atoms with Crippen LogP contribution in [0.5, 0.6) is 0 Å². The van der Waals surface area contributed by atoms with Gasteiger partial charge in [0.15, 0.2) is 5.13 Å². The fraction of sp³-hybridized carbons (Fsp3) is 0.333. The van der Waals surface area contributed by atoms with Crippen LogP contribution in [0.3, 0.4) is 0 Å². The minimum atomic E-state index is -0.299. The van der Waals surface area contributed by atoms with Gasteiger partial charge in [0, 0.05) is 36.8 Å². The Morgan fingerprint density at radius 2 is 2.00 bits per heavy atom. The summed E-state index contributed by atoms with van der Waals surface area (Å²) in [5.74, 6) is 0.249. The Morgan fingerprint density at radius 3 is 2.77 bits per heavy atom. The van der Waals surface area contributed by atoms with Gasteiger partial charge in [-0.1, -0.05) is 22.9 Å². The number of carbonyl (C=O) groups excluding carboxylic acids is 2. The Morgan fingerprint density at radius 1 is 1.17 bits per heavy atom. The molecule has 0 aliphatic carbocycles. The smallest absolute Gasteiger partial charge is 0.251 e. The normalized spacial score (nSPS) is 15.9. The average Bonchev–Trinajstić information content (AvgIpc) is 3.55. The molecule has 0 bridgehead atoms. The molecule has 5 rings (SSSR count). The van der Waals surface area contributed by atoms with Gasteiger partial charge in [-0.3, -0.25) is 9.59 Å². The van der Waals surface area contributed by atoms with Crippen LogP contribution in [-0.2, 0) is 11.8 Å². The topological polar surface area (TPSA) is 95.4 Å². The number of halogens is 1. The second kappa shape index (κ2) is 9.44. The number of hydrogen-bond donors (Lipinski definition) is 2. The molecule has 0 spiro atoms. The van der Waals surface area contributed by atoms with Crippen LogP contribution in [0.15, 0.2) is 36.4 Å². The van der Waals surface area contributed by atoms with E-state index in [1.54, 1.807) is 17.0 Å². The van der Waals surface area contributed by atoms with Gasteiger partial charge in [0.2, 0.25) is 11.9 Å². The Balaban J connectivity index is 1.27. The second-order valence-corrected chi connectivity index (χ2v) is 10.3. The Bertz CT molecular complexity index is 1430. The van der Waals surface area contributed by atoms with E-state index in [1.807, 2.05) is 50.0 Å². The number of carbonyl (C=O) groups is 2. The number of imidazole rings is 1. The summed E-state index contributed by atoms with van der Waals surface area (Å²) in [5, 5.41) is 7.39. The summed E-state index contributed by atoms with van der Waals surface area (Å²) < 4.78 is 2.90. The largest absolute Gasteiger partial charge is 0.343 e. The van der Waals surface area contributed by atoms with Gasteiger partial charge in [-0.15, -0.1) is 0 Å². The third kappa shape index (κ3) is 4.82. The van der Waals surface area contributed by atoms with E-state index in [9.17, 15) is 9.59 Å². The number of amides is 2. The summed E-state index contributed by atoms with van der Waals surface area (Å²) in [6.07, 6.45) is 0.949. The predicted molar refractivity (Wildman–Crippen MR) is 140 cm³/mol. The lowest BCUT2D eigenvalue weighted by molar-refractivity contribution is -0.129. The maximum absolute atomic E-state index is 12.7. The molecule has 2 amide bonds. The molecule has 2 aromatic carbocycles. The Kier molecular flexibility index (Phi) is 6.35. The van der Waals surface area contributed by atoms with Crippen molar-refractivity contribution in [3.63, 3.8) is 0 Å². The van der Waals surface area contributed by atoms with Crippen LogP contribution < -0.4 is 10.6 Å². The van der Waals surface area contributed by atoms with Crippen molar-refractivity contribution in [1.29, 1.82) is 0 Å². The molecule has 2 aromatic heterocycles. The minimum Gasteiger partial charge on any atom is -0.343 e. The molecule has 1 aliphatic rings. The van der Waals surface area contributed by atoms with Crippen LogP contribution in [0.25, 0.3) is 21.3 Å². The summed E-state index contributed by atoms with van der Waals surface area (Å²) in [6.45, 7) is 1.39. The highest BCUT2D eigenvalue weighted by Crippen LogP contribution is 2.31. The molecule has 9 nitrogen and oxygen atoms in total. The van der Waals surface area contributed by atoms with E-state index in [2.05, 4.69) is 25.5 Å². The number of benzene rings is 2. The van der Waals surface area contributed by atoms with E-state index in [0.717, 1.165) is 28.7 Å². The molecule has 2 N–H and O–H groups in total. The minimum absolute atomic E-state index is 0.0202. The number of anilines is 2. The third-order valence-corrected chi connectivity index (χ3v) is 7.53. The van der Waals surface area contributed by atoms with Crippen LogP contribution in [0.1, 0.15) is 16.8 Å². The van der Waals surface area contributed by atoms with Crippen LogP contribution in [0.2, 0.25) is 5.02 Å². The van der Waals surface area contributed by atoms with Crippen molar-refractivity contribution in [3.8, 4) is 0 Å². The molecule has 0 unspecified atom stereocenters. The van der Waals surface area contributed by atoms with Gasteiger partial charge >= 0.3 is 0 Å². The fourth-order valence-corrected chi connectivity index (χ4v) is 5.40. The summed E-state index contributed by atoms with van der Waals surface area (Å²) in [5.41, 5.74) is 2.86. The number of aryl methyl sites for hydroxylation is 1. The van der Waals surface area contributed by atoms with Crippen LogP contribution >= 0.6 is 22.9 Å². The molecule has 1 saturated heterocycles. The first-order valence-corrected chi connectivity index (χ1v) is 12.5. The number of likely N-dealkylation sites (tertiary alicyclic amines) is 1. The summed E-state index contributed by atoms with van der Waals surface area (Å²) >= 11 is 7.57. The Labute approximate surface area is 211 Å². The zero-order valence-corrected chi connectivity index (χ0v) is 21.3. The van der Waals surface area contributed by atoms with E-state index in [1.165, 1.54) is 11.3 Å². The van der Waals surface area contributed by atoms with Crippen molar-refractivity contribution < 1.29 is 9.59 Å². The van der Waals surface area contributed by atoms with Gasteiger partial charge in [0.25, 0.3) is 5.91 Å². The molecule has 1 atom stereocenters. The number of nitrogens with one attached hydrogen (secondary N) is 2. The van der Waals surface area contributed by atoms with E-state index >= 15 is 0 Å². The first-order valence-electron chi connectivity index (χ1n) is 11.3. The number of nitrogens with zero attached hydrogens (tertiary/aromatic N) is 5. The molecule has 1 aliphatic heterocycles. The van der Waals surface area contributed by atoms with Gasteiger partial charge in [-0.2, -0.15) is 0 Å². The van der Waals surface area contributed by atoms with Crippen molar-refractivity contribution in [2.75, 3.05) is 39.0 Å². The molecule has 4 aromatic rings. The van der Waals surface area contributed by atoms with Crippen molar-refractivity contribution >= 4 is 67.1 Å². The lowest BCUT2D eigenvalue weighted by Gasteiger charge is -2.20. The summed E-state index contributed by atoms with van der Waals surface area (Å²) in [6, 6.07) is 11.3. The molecule has 0 radical (unpaired) electrons. The van der Waals surface area contributed by atoms with Gasteiger partial charge in [-0.25, -0.2) is 9.97 Å². The number of thiazole rings is 1. The molecule has 1 fully saturated rings. The quantitative estimate of drug-likeness (QED) is 0.411. The summed E-state index contributed by atoms with van der Waals surface area (Å²) in [7, 11) is 5.94. The number of fused-ring (bicyclic) bond motifs is 2. The average molecular weight is 512 g/mol. The highest BCUT2D eigenvalue weighted by Gasteiger charge is 2.27. The van der Waals surface area contributed by atoms with E-state index < -0.39 is 0 Å². The summed E-state index contributed by atoms with van der Waals surface area (Å²) in [4.78, 5) is 38.4. The van der Waals surface area contributed by atoms with E-state index in [4.69, 9.17) is 11.6 Å². The lowest BCUT2D eigenvalue weighted by Crippen LogP contribution is -2.40. The van der Waals surface area contributed by atoms with Gasteiger partial charge in [0.05, 0.1) is 27.8 Å². The number of likely N-dealkylation sites (N-methyl/N-ethyl adjacent to an activating group) is 1. The molecular formula is C24H26ClN7O2S. The van der Waals surface area contributed by atoms with Crippen molar-refractivity contribution in [1.82, 2.24) is 29.7 Å².